The van der Waals surface area contributed by atoms with E-state index in [-0.39, 0.29) is 6.03 Å². The first-order chi connectivity index (χ1) is 12.6. The fraction of sp³-hybridized carbons (Fsp3) is 0.444. The Bertz CT molecular complexity index is 713. The molecule has 2 aliphatic heterocycles. The number of carbonyl (C=O) groups is 2. The van der Waals surface area contributed by atoms with E-state index >= 15 is 0 Å². The molecule has 0 radical (unpaired) electrons. The largest absolute Gasteiger partial charge is 0.497 e. The number of quaternary nitrogens is 1. The molecule has 3 N–H and O–H groups in total. The van der Waals surface area contributed by atoms with E-state index in [0.29, 0.717) is 36.8 Å². The number of rotatable bonds is 5. The Morgan fingerprint density at radius 1 is 1.31 bits per heavy atom. The monoisotopic (exact) mass is 362 g/mol. The molecular weight excluding hydrogens is 338 g/mol. The quantitative estimate of drug-likeness (QED) is 0.608. The van der Waals surface area contributed by atoms with Gasteiger partial charge in [-0.05, 0) is 17.7 Å². The van der Waals surface area contributed by atoms with Gasteiger partial charge in [0.05, 0.1) is 44.7 Å². The Morgan fingerprint density at radius 2 is 2.08 bits per heavy atom. The molecule has 1 atom stereocenters. The van der Waals surface area contributed by atoms with Gasteiger partial charge in [0.1, 0.15) is 25.4 Å². The number of morpholine rings is 1. The first kappa shape index (κ1) is 18.2. The number of amides is 2. The van der Waals surface area contributed by atoms with Crippen LogP contribution < -0.4 is 20.3 Å². The molecule has 0 saturated carbocycles. The summed E-state index contributed by atoms with van der Waals surface area (Å²) in [6.07, 6.45) is 0. The lowest BCUT2D eigenvalue weighted by atomic mass is 9.94. The molecule has 2 amide bonds. The van der Waals surface area contributed by atoms with Crippen molar-refractivity contribution in [3.05, 3.63) is 41.1 Å². The van der Waals surface area contributed by atoms with Crippen molar-refractivity contribution >= 4 is 12.0 Å². The summed E-state index contributed by atoms with van der Waals surface area (Å²) >= 11 is 0. The molecule has 0 bridgehead atoms. The van der Waals surface area contributed by atoms with Crippen LogP contribution in [0.2, 0.25) is 0 Å². The zero-order valence-corrected chi connectivity index (χ0v) is 15.0. The summed E-state index contributed by atoms with van der Waals surface area (Å²) in [5, 5.41) is 5.61. The molecule has 0 aromatic heterocycles. The summed E-state index contributed by atoms with van der Waals surface area (Å²) in [5.74, 6) is 0.188. The third kappa shape index (κ3) is 3.97. The average molecular weight is 362 g/mol. The molecule has 0 aliphatic carbocycles. The van der Waals surface area contributed by atoms with Crippen LogP contribution in [0, 0.1) is 0 Å². The van der Waals surface area contributed by atoms with Crippen molar-refractivity contribution in [2.75, 3.05) is 47.1 Å². The first-order valence-electron chi connectivity index (χ1n) is 8.56. The van der Waals surface area contributed by atoms with Crippen LogP contribution in [0.15, 0.2) is 35.5 Å². The molecular formula is C18H24N3O5+. The maximum atomic E-state index is 12.5. The van der Waals surface area contributed by atoms with E-state index in [4.69, 9.17) is 14.2 Å². The van der Waals surface area contributed by atoms with Gasteiger partial charge in [0.2, 0.25) is 0 Å². The van der Waals surface area contributed by atoms with Crippen molar-refractivity contribution in [2.24, 2.45) is 0 Å². The van der Waals surface area contributed by atoms with E-state index in [0.717, 1.165) is 18.7 Å². The molecule has 0 unspecified atom stereocenters. The molecule has 2 aliphatic rings. The molecule has 140 valence electrons. The summed E-state index contributed by atoms with van der Waals surface area (Å²) in [4.78, 5) is 26.0. The van der Waals surface area contributed by atoms with Gasteiger partial charge >= 0.3 is 12.0 Å². The number of esters is 1. The zero-order valence-electron chi connectivity index (χ0n) is 15.0. The molecule has 8 heteroatoms. The van der Waals surface area contributed by atoms with Gasteiger partial charge in [0.25, 0.3) is 0 Å². The van der Waals surface area contributed by atoms with E-state index in [1.54, 1.807) is 13.2 Å². The minimum Gasteiger partial charge on any atom is -0.497 e. The zero-order chi connectivity index (χ0) is 18.5. The highest BCUT2D eigenvalue weighted by Gasteiger charge is 2.35. The normalized spacial score (nSPS) is 21.0. The Morgan fingerprint density at radius 3 is 2.77 bits per heavy atom. The van der Waals surface area contributed by atoms with Gasteiger partial charge in [-0.25, -0.2) is 9.59 Å². The molecule has 2 heterocycles. The van der Waals surface area contributed by atoms with Crippen LogP contribution in [-0.4, -0.2) is 59.1 Å². The Kier molecular flexibility index (Phi) is 5.75. The van der Waals surface area contributed by atoms with Crippen molar-refractivity contribution in [3.63, 3.8) is 0 Å². The summed E-state index contributed by atoms with van der Waals surface area (Å²) in [7, 11) is 2.91. The summed E-state index contributed by atoms with van der Waals surface area (Å²) < 4.78 is 15.6. The van der Waals surface area contributed by atoms with E-state index < -0.39 is 12.0 Å². The number of nitrogens with one attached hydrogen (secondary N) is 3. The maximum Gasteiger partial charge on any atom is 0.338 e. The minimum atomic E-state index is -0.596. The predicted molar refractivity (Wildman–Crippen MR) is 92.8 cm³/mol. The highest BCUT2D eigenvalue weighted by atomic mass is 16.5. The number of urea groups is 1. The van der Waals surface area contributed by atoms with Crippen molar-refractivity contribution in [2.45, 2.75) is 6.04 Å². The topological polar surface area (TPSA) is 90.3 Å². The molecule has 1 aromatic rings. The third-order valence-corrected chi connectivity index (χ3v) is 4.61. The predicted octanol–water partition coefficient (Wildman–Crippen LogP) is -0.609. The van der Waals surface area contributed by atoms with Crippen LogP contribution in [0.3, 0.4) is 0 Å². The molecule has 8 nitrogen and oxygen atoms in total. The van der Waals surface area contributed by atoms with Crippen LogP contribution in [-0.2, 0) is 14.3 Å². The van der Waals surface area contributed by atoms with Crippen molar-refractivity contribution in [1.82, 2.24) is 10.6 Å². The number of hydrogen-bond acceptors (Lipinski definition) is 5. The first-order valence-corrected chi connectivity index (χ1v) is 8.56. The molecule has 3 rings (SSSR count). The second-order valence-electron chi connectivity index (χ2n) is 6.23. The lowest BCUT2D eigenvalue weighted by Gasteiger charge is -2.31. The average Bonchev–Trinajstić information content (AvgIpc) is 2.68. The highest BCUT2D eigenvalue weighted by Crippen LogP contribution is 2.29. The Hall–Kier alpha value is -2.58. The van der Waals surface area contributed by atoms with Gasteiger partial charge in [-0.15, -0.1) is 0 Å². The molecule has 1 aromatic carbocycles. The number of hydrogen-bond donors (Lipinski definition) is 3. The van der Waals surface area contributed by atoms with E-state index in [1.807, 2.05) is 18.2 Å². The number of methoxy groups -OCH3 is 2. The van der Waals surface area contributed by atoms with Crippen molar-refractivity contribution in [3.8, 4) is 5.75 Å². The van der Waals surface area contributed by atoms with Crippen molar-refractivity contribution < 1.29 is 28.7 Å². The Labute approximate surface area is 152 Å². The van der Waals surface area contributed by atoms with Crippen LogP contribution in [0.1, 0.15) is 11.6 Å². The van der Waals surface area contributed by atoms with E-state index in [1.165, 1.54) is 12.0 Å². The SMILES string of the molecule is COC(=O)C1=C(C[NH+]2CCOCC2)NC(=O)N[C@@H]1c1cccc(OC)c1. The fourth-order valence-corrected chi connectivity index (χ4v) is 3.27. The van der Waals surface area contributed by atoms with Gasteiger partial charge in [-0.3, -0.25) is 0 Å². The lowest BCUT2D eigenvalue weighted by molar-refractivity contribution is -0.903. The summed E-state index contributed by atoms with van der Waals surface area (Å²) in [6.45, 7) is 3.52. The van der Waals surface area contributed by atoms with Gasteiger partial charge in [-0.1, -0.05) is 12.1 Å². The summed E-state index contributed by atoms with van der Waals surface area (Å²) in [6, 6.07) is 6.35. The van der Waals surface area contributed by atoms with Crippen LogP contribution in [0.25, 0.3) is 0 Å². The second kappa shape index (κ2) is 8.20. The second-order valence-corrected chi connectivity index (χ2v) is 6.23. The standard InChI is InChI=1S/C18H23N3O5/c1-24-13-5-3-4-12(10-13)16-15(17(22)25-2)14(19-18(23)20-16)11-21-6-8-26-9-7-21/h3-5,10,16H,6-9,11H2,1-2H3,(H2,19,20,23)/p+1/t16-/m1/s1. The molecule has 0 spiro atoms. The smallest absolute Gasteiger partial charge is 0.338 e. The van der Waals surface area contributed by atoms with E-state index in [9.17, 15) is 9.59 Å². The van der Waals surface area contributed by atoms with Gasteiger partial charge in [0.15, 0.2) is 0 Å². The molecule has 1 fully saturated rings. The van der Waals surface area contributed by atoms with Crippen LogP contribution in [0.5, 0.6) is 5.75 Å². The lowest BCUT2D eigenvalue weighted by Crippen LogP contribution is -3.14. The van der Waals surface area contributed by atoms with Gasteiger partial charge in [-0.2, -0.15) is 0 Å². The minimum absolute atomic E-state index is 0.340. The van der Waals surface area contributed by atoms with Gasteiger partial charge in [0, 0.05) is 0 Å². The maximum absolute atomic E-state index is 12.5. The van der Waals surface area contributed by atoms with Crippen LogP contribution >= 0.6 is 0 Å². The molecule has 26 heavy (non-hydrogen) atoms. The number of carbonyl (C=O) groups excluding carboxylic acids is 2. The Balaban J connectivity index is 1.98. The number of ether oxygens (including phenoxy) is 3. The van der Waals surface area contributed by atoms with E-state index in [2.05, 4.69) is 10.6 Å². The van der Waals surface area contributed by atoms with Crippen molar-refractivity contribution in [1.29, 1.82) is 0 Å². The third-order valence-electron chi connectivity index (χ3n) is 4.61. The highest BCUT2D eigenvalue weighted by molar-refractivity contribution is 5.95. The van der Waals surface area contributed by atoms with Gasteiger partial charge < -0.3 is 29.7 Å². The number of benzene rings is 1. The fourth-order valence-electron chi connectivity index (χ4n) is 3.27. The molecule has 1 saturated heterocycles. The van der Waals surface area contributed by atoms with Crippen LogP contribution in [0.4, 0.5) is 4.79 Å². The summed E-state index contributed by atoms with van der Waals surface area (Å²) in [5.41, 5.74) is 1.76.